The number of ether oxygens (including phenoxy) is 1. The van der Waals surface area contributed by atoms with Crippen LogP contribution in [0.5, 0.6) is 5.75 Å². The minimum Gasteiger partial charge on any atom is -0.494 e. The van der Waals surface area contributed by atoms with E-state index in [1.54, 1.807) is 18.9 Å². The van der Waals surface area contributed by atoms with Crippen LogP contribution in [0, 0.1) is 6.92 Å². The molecule has 1 aliphatic rings. The van der Waals surface area contributed by atoms with Crippen LogP contribution < -0.4 is 20.3 Å². The van der Waals surface area contributed by atoms with Gasteiger partial charge in [-0.15, -0.1) is 0 Å². The Labute approximate surface area is 159 Å². The predicted molar refractivity (Wildman–Crippen MR) is 107 cm³/mol. The fourth-order valence-corrected chi connectivity index (χ4v) is 3.16. The molecule has 142 valence electrons. The first kappa shape index (κ1) is 18.8. The lowest BCUT2D eigenvalue weighted by atomic mass is 10.2. The highest BCUT2D eigenvalue weighted by molar-refractivity contribution is 5.98. The Morgan fingerprint density at radius 3 is 2.67 bits per heavy atom. The third-order valence-electron chi connectivity index (χ3n) is 4.72. The Morgan fingerprint density at radius 1 is 1.22 bits per heavy atom. The quantitative estimate of drug-likeness (QED) is 0.819. The molecular weight excluding hydrogens is 342 g/mol. The van der Waals surface area contributed by atoms with Gasteiger partial charge in [-0.1, -0.05) is 18.2 Å². The van der Waals surface area contributed by atoms with Crippen LogP contribution >= 0.6 is 0 Å². The van der Waals surface area contributed by atoms with Crippen molar-refractivity contribution in [1.29, 1.82) is 0 Å². The van der Waals surface area contributed by atoms with Crippen LogP contribution in [0.2, 0.25) is 0 Å². The van der Waals surface area contributed by atoms with Gasteiger partial charge in [0.25, 0.3) is 0 Å². The molecule has 2 aromatic rings. The molecule has 6 heteroatoms. The van der Waals surface area contributed by atoms with E-state index in [1.807, 2.05) is 49.4 Å². The first-order chi connectivity index (χ1) is 13.0. The number of benzene rings is 2. The molecule has 0 spiro atoms. The van der Waals surface area contributed by atoms with Crippen LogP contribution in [0.15, 0.2) is 42.5 Å². The van der Waals surface area contributed by atoms with E-state index < -0.39 is 6.04 Å². The minimum atomic E-state index is -0.436. The molecule has 2 N–H and O–H groups in total. The molecule has 27 heavy (non-hydrogen) atoms. The lowest BCUT2D eigenvalue weighted by Gasteiger charge is -2.21. The van der Waals surface area contributed by atoms with Crippen molar-refractivity contribution in [2.24, 2.45) is 0 Å². The second-order valence-electron chi connectivity index (χ2n) is 6.71. The standard InChI is InChI=1S/C21H25N3O3/c1-14-7-4-5-8-17(14)23-21(26)15(2)22-16-10-11-18(19(13-16)27-3)24-12-6-9-20(24)25/h4-5,7-8,10-11,13,15,22H,6,9,12H2,1-3H3,(H,23,26)/t15-/m1/s1. The molecule has 1 aliphatic heterocycles. The topological polar surface area (TPSA) is 70.7 Å². The summed E-state index contributed by atoms with van der Waals surface area (Å²) in [5, 5.41) is 6.12. The van der Waals surface area contributed by atoms with Crippen LogP contribution in [0.1, 0.15) is 25.3 Å². The Hall–Kier alpha value is -3.02. The van der Waals surface area contributed by atoms with E-state index in [2.05, 4.69) is 10.6 Å². The molecule has 1 atom stereocenters. The maximum absolute atomic E-state index is 12.5. The summed E-state index contributed by atoms with van der Waals surface area (Å²) in [6.07, 6.45) is 1.43. The van der Waals surface area contributed by atoms with Crippen molar-refractivity contribution < 1.29 is 14.3 Å². The van der Waals surface area contributed by atoms with E-state index in [9.17, 15) is 9.59 Å². The summed E-state index contributed by atoms with van der Waals surface area (Å²) < 4.78 is 5.47. The Morgan fingerprint density at radius 2 is 2.00 bits per heavy atom. The molecule has 6 nitrogen and oxygen atoms in total. The van der Waals surface area contributed by atoms with Crippen molar-refractivity contribution in [3.63, 3.8) is 0 Å². The molecule has 3 rings (SSSR count). The molecular formula is C21H25N3O3. The molecule has 0 aliphatic carbocycles. The fraction of sp³-hybridized carbons (Fsp3) is 0.333. The normalized spacial score (nSPS) is 14.8. The van der Waals surface area contributed by atoms with E-state index in [1.165, 1.54) is 0 Å². The van der Waals surface area contributed by atoms with E-state index in [4.69, 9.17) is 4.74 Å². The van der Waals surface area contributed by atoms with Gasteiger partial charge in [0.2, 0.25) is 11.8 Å². The second kappa shape index (κ2) is 8.12. The Balaban J connectivity index is 1.70. The van der Waals surface area contributed by atoms with Gasteiger partial charge >= 0.3 is 0 Å². The summed E-state index contributed by atoms with van der Waals surface area (Å²) >= 11 is 0. The molecule has 0 bridgehead atoms. The van der Waals surface area contributed by atoms with Gasteiger partial charge in [0.05, 0.1) is 12.8 Å². The number of hydrogen-bond donors (Lipinski definition) is 2. The van der Waals surface area contributed by atoms with E-state index in [-0.39, 0.29) is 11.8 Å². The molecule has 0 radical (unpaired) electrons. The summed E-state index contributed by atoms with van der Waals surface area (Å²) in [4.78, 5) is 26.2. The number of anilines is 3. The molecule has 1 heterocycles. The largest absolute Gasteiger partial charge is 0.494 e. The number of carbonyl (C=O) groups excluding carboxylic acids is 2. The van der Waals surface area contributed by atoms with Crippen LogP contribution in [-0.4, -0.2) is 31.5 Å². The number of para-hydroxylation sites is 1. The Bertz CT molecular complexity index is 850. The molecule has 2 amide bonds. The molecule has 0 aromatic heterocycles. The number of hydrogen-bond acceptors (Lipinski definition) is 4. The van der Waals surface area contributed by atoms with E-state index in [0.29, 0.717) is 18.7 Å². The van der Waals surface area contributed by atoms with Crippen molar-refractivity contribution >= 4 is 28.9 Å². The summed E-state index contributed by atoms with van der Waals surface area (Å²) in [6.45, 7) is 4.46. The maximum Gasteiger partial charge on any atom is 0.246 e. The third-order valence-corrected chi connectivity index (χ3v) is 4.72. The monoisotopic (exact) mass is 367 g/mol. The first-order valence-corrected chi connectivity index (χ1v) is 9.11. The SMILES string of the molecule is COc1cc(N[C@H](C)C(=O)Nc2ccccc2C)ccc1N1CCCC1=O. The molecule has 2 aromatic carbocycles. The third kappa shape index (κ3) is 4.22. The van der Waals surface area contributed by atoms with Crippen molar-refractivity contribution in [3.05, 3.63) is 48.0 Å². The summed E-state index contributed by atoms with van der Waals surface area (Å²) in [7, 11) is 1.58. The summed E-state index contributed by atoms with van der Waals surface area (Å²) in [6, 6.07) is 12.8. The average Bonchev–Trinajstić information content (AvgIpc) is 3.09. The molecule has 1 saturated heterocycles. The minimum absolute atomic E-state index is 0.111. The van der Waals surface area contributed by atoms with Gasteiger partial charge in [-0.3, -0.25) is 9.59 Å². The van der Waals surface area contributed by atoms with Crippen molar-refractivity contribution in [2.45, 2.75) is 32.7 Å². The van der Waals surface area contributed by atoms with Gasteiger partial charge in [0.15, 0.2) is 0 Å². The van der Waals surface area contributed by atoms with E-state index in [0.717, 1.165) is 29.0 Å². The summed E-state index contributed by atoms with van der Waals surface area (Å²) in [5.41, 5.74) is 3.34. The number of carbonyl (C=O) groups is 2. The number of methoxy groups -OCH3 is 1. The van der Waals surface area contributed by atoms with Crippen molar-refractivity contribution in [1.82, 2.24) is 0 Å². The Kier molecular flexibility index (Phi) is 5.64. The van der Waals surface area contributed by atoms with Crippen molar-refractivity contribution in [3.8, 4) is 5.75 Å². The van der Waals surface area contributed by atoms with Crippen LogP contribution in [-0.2, 0) is 9.59 Å². The number of aryl methyl sites for hydroxylation is 1. The van der Waals surface area contributed by atoms with E-state index >= 15 is 0 Å². The zero-order valence-electron chi connectivity index (χ0n) is 15.9. The second-order valence-corrected chi connectivity index (χ2v) is 6.71. The van der Waals surface area contributed by atoms with Gasteiger partial charge in [0.1, 0.15) is 11.8 Å². The van der Waals surface area contributed by atoms with Gasteiger partial charge in [-0.25, -0.2) is 0 Å². The van der Waals surface area contributed by atoms with Crippen LogP contribution in [0.3, 0.4) is 0 Å². The smallest absolute Gasteiger partial charge is 0.246 e. The highest BCUT2D eigenvalue weighted by Crippen LogP contribution is 2.34. The van der Waals surface area contributed by atoms with Gasteiger partial charge in [-0.2, -0.15) is 0 Å². The lowest BCUT2D eigenvalue weighted by Crippen LogP contribution is -2.32. The molecule has 0 unspecified atom stereocenters. The summed E-state index contributed by atoms with van der Waals surface area (Å²) in [5.74, 6) is 0.601. The van der Waals surface area contributed by atoms with Gasteiger partial charge in [-0.05, 0) is 44.0 Å². The van der Waals surface area contributed by atoms with Crippen molar-refractivity contribution in [2.75, 3.05) is 29.2 Å². The molecule has 1 fully saturated rings. The average molecular weight is 367 g/mol. The highest BCUT2D eigenvalue weighted by atomic mass is 16.5. The van der Waals surface area contributed by atoms with Crippen LogP contribution in [0.25, 0.3) is 0 Å². The van der Waals surface area contributed by atoms with Gasteiger partial charge < -0.3 is 20.3 Å². The molecule has 0 saturated carbocycles. The number of nitrogens with one attached hydrogen (secondary N) is 2. The fourth-order valence-electron chi connectivity index (χ4n) is 3.16. The van der Waals surface area contributed by atoms with Gasteiger partial charge in [0, 0.05) is 30.4 Å². The predicted octanol–water partition coefficient (Wildman–Crippen LogP) is 3.57. The maximum atomic E-state index is 12.5. The number of amides is 2. The van der Waals surface area contributed by atoms with Crippen LogP contribution in [0.4, 0.5) is 17.1 Å². The zero-order valence-corrected chi connectivity index (χ0v) is 15.9. The number of nitrogens with zero attached hydrogens (tertiary/aromatic N) is 1. The highest BCUT2D eigenvalue weighted by Gasteiger charge is 2.24. The lowest BCUT2D eigenvalue weighted by molar-refractivity contribution is -0.117. The first-order valence-electron chi connectivity index (χ1n) is 9.11. The zero-order chi connectivity index (χ0) is 19.4. The number of rotatable bonds is 6.